The lowest BCUT2D eigenvalue weighted by Gasteiger charge is -2.44. The average Bonchev–Trinajstić information content (AvgIpc) is 3.08. The van der Waals surface area contributed by atoms with E-state index in [1.807, 2.05) is 24.3 Å². The monoisotopic (exact) mass is 367 g/mol. The Morgan fingerprint density at radius 3 is 2.68 bits per heavy atom. The number of likely N-dealkylation sites (tertiary alicyclic amines) is 1. The van der Waals surface area contributed by atoms with E-state index in [4.69, 9.17) is 25.8 Å². The van der Waals surface area contributed by atoms with Gasteiger partial charge in [-0.05, 0) is 56.6 Å². The van der Waals surface area contributed by atoms with Crippen molar-refractivity contribution in [3.63, 3.8) is 0 Å². The molecule has 0 N–H and O–H groups in total. The molecule has 140 valence electrons. The van der Waals surface area contributed by atoms with E-state index in [9.17, 15) is 0 Å². The zero-order valence-electron chi connectivity index (χ0n) is 15.2. The second kappa shape index (κ2) is 9.22. The number of unbranched alkanes of at least 4 members (excludes halogenated alkanes) is 2. The van der Waals surface area contributed by atoms with E-state index in [1.54, 1.807) is 0 Å². The highest BCUT2D eigenvalue weighted by molar-refractivity contribution is 6.30. The second-order valence-electron chi connectivity index (χ2n) is 7.07. The molecule has 0 aromatic heterocycles. The Morgan fingerprint density at radius 1 is 1.20 bits per heavy atom. The molecule has 2 fully saturated rings. The standard InChI is InChI=1S/C20H30ClNO3/c1-2-3-4-11-22-12-9-17(20(16-22)24-14-15-25-20)10-13-23-19-7-5-18(21)6-8-19/h5-8,17H,2-4,9-16H2,1H3. The lowest BCUT2D eigenvalue weighted by molar-refractivity contribution is -0.226. The second-order valence-corrected chi connectivity index (χ2v) is 7.51. The van der Waals surface area contributed by atoms with Crippen LogP contribution < -0.4 is 4.74 Å². The Labute approximate surface area is 156 Å². The lowest BCUT2D eigenvalue weighted by Crippen LogP contribution is -2.55. The molecule has 0 aliphatic carbocycles. The van der Waals surface area contributed by atoms with Gasteiger partial charge in [-0.1, -0.05) is 31.4 Å². The molecular formula is C20H30ClNO3. The van der Waals surface area contributed by atoms with Crippen LogP contribution >= 0.6 is 11.6 Å². The van der Waals surface area contributed by atoms with Crippen molar-refractivity contribution in [2.45, 2.75) is 44.8 Å². The van der Waals surface area contributed by atoms with Crippen LogP contribution in [0, 0.1) is 5.92 Å². The summed E-state index contributed by atoms with van der Waals surface area (Å²) in [6.07, 6.45) is 5.87. The molecule has 1 spiro atoms. The molecule has 1 unspecified atom stereocenters. The van der Waals surface area contributed by atoms with Gasteiger partial charge in [0.1, 0.15) is 5.75 Å². The van der Waals surface area contributed by atoms with Crippen molar-refractivity contribution in [1.82, 2.24) is 4.90 Å². The summed E-state index contributed by atoms with van der Waals surface area (Å²) in [6, 6.07) is 7.54. The molecule has 4 nitrogen and oxygen atoms in total. The minimum absolute atomic E-state index is 0.393. The normalized spacial score (nSPS) is 23.2. The van der Waals surface area contributed by atoms with Gasteiger partial charge in [0.2, 0.25) is 0 Å². The molecule has 2 aliphatic rings. The molecule has 3 rings (SSSR count). The van der Waals surface area contributed by atoms with Crippen LogP contribution in [0.5, 0.6) is 5.75 Å². The molecule has 25 heavy (non-hydrogen) atoms. The lowest BCUT2D eigenvalue weighted by atomic mass is 9.87. The minimum Gasteiger partial charge on any atom is -0.494 e. The summed E-state index contributed by atoms with van der Waals surface area (Å²) in [5.74, 6) is 0.835. The van der Waals surface area contributed by atoms with Crippen molar-refractivity contribution in [2.75, 3.05) is 39.5 Å². The van der Waals surface area contributed by atoms with E-state index in [0.29, 0.717) is 25.7 Å². The number of halogens is 1. The first kappa shape index (κ1) is 19.0. The molecule has 2 aliphatic heterocycles. The Kier molecular flexibility index (Phi) is 7.00. The number of piperidine rings is 1. The summed E-state index contributed by atoms with van der Waals surface area (Å²) in [5.41, 5.74) is 0. The highest BCUT2D eigenvalue weighted by Gasteiger charge is 2.47. The third-order valence-electron chi connectivity index (χ3n) is 5.26. The van der Waals surface area contributed by atoms with Gasteiger partial charge in [-0.3, -0.25) is 4.90 Å². The van der Waals surface area contributed by atoms with Crippen LogP contribution in [0.3, 0.4) is 0 Å². The number of rotatable bonds is 8. The predicted octanol–water partition coefficient (Wildman–Crippen LogP) is 4.36. The molecule has 0 amide bonds. The molecular weight excluding hydrogens is 338 g/mol. The number of hydrogen-bond acceptors (Lipinski definition) is 4. The van der Waals surface area contributed by atoms with E-state index in [-0.39, 0.29) is 0 Å². The zero-order valence-corrected chi connectivity index (χ0v) is 16.0. The number of ether oxygens (including phenoxy) is 3. The highest BCUT2D eigenvalue weighted by atomic mass is 35.5. The smallest absolute Gasteiger partial charge is 0.184 e. The van der Waals surface area contributed by atoms with Gasteiger partial charge in [0.05, 0.1) is 26.4 Å². The summed E-state index contributed by atoms with van der Waals surface area (Å²) in [6.45, 7) is 7.51. The van der Waals surface area contributed by atoms with Crippen molar-refractivity contribution >= 4 is 11.6 Å². The molecule has 2 saturated heterocycles. The predicted molar refractivity (Wildman–Crippen MR) is 100 cm³/mol. The maximum absolute atomic E-state index is 6.11. The van der Waals surface area contributed by atoms with E-state index >= 15 is 0 Å². The summed E-state index contributed by atoms with van der Waals surface area (Å²) < 4.78 is 18.1. The Hall–Kier alpha value is -0.810. The summed E-state index contributed by atoms with van der Waals surface area (Å²) in [7, 11) is 0. The van der Waals surface area contributed by atoms with Gasteiger partial charge in [0, 0.05) is 10.9 Å². The van der Waals surface area contributed by atoms with Gasteiger partial charge in [-0.15, -0.1) is 0 Å². The van der Waals surface area contributed by atoms with Crippen LogP contribution in [0.25, 0.3) is 0 Å². The molecule has 1 aromatic rings. The quantitative estimate of drug-likeness (QED) is 0.638. The number of hydrogen-bond donors (Lipinski definition) is 0. The fourth-order valence-corrected chi connectivity index (χ4v) is 3.99. The van der Waals surface area contributed by atoms with E-state index in [0.717, 1.165) is 43.2 Å². The van der Waals surface area contributed by atoms with Crippen molar-refractivity contribution < 1.29 is 14.2 Å². The van der Waals surface area contributed by atoms with Crippen molar-refractivity contribution in [3.8, 4) is 5.75 Å². The van der Waals surface area contributed by atoms with Crippen LogP contribution in [-0.4, -0.2) is 50.1 Å². The maximum Gasteiger partial charge on any atom is 0.184 e. The average molecular weight is 368 g/mol. The highest BCUT2D eigenvalue weighted by Crippen LogP contribution is 2.37. The van der Waals surface area contributed by atoms with Gasteiger partial charge >= 0.3 is 0 Å². The van der Waals surface area contributed by atoms with Crippen LogP contribution in [0.1, 0.15) is 39.0 Å². The Bertz CT molecular complexity index is 516. The molecule has 0 saturated carbocycles. The third-order valence-corrected chi connectivity index (χ3v) is 5.51. The molecule has 0 bridgehead atoms. The molecule has 0 radical (unpaired) electrons. The Morgan fingerprint density at radius 2 is 1.96 bits per heavy atom. The fraction of sp³-hybridized carbons (Fsp3) is 0.700. The minimum atomic E-state index is -0.423. The van der Waals surface area contributed by atoms with E-state index in [1.165, 1.54) is 19.3 Å². The van der Waals surface area contributed by atoms with Crippen molar-refractivity contribution in [1.29, 1.82) is 0 Å². The molecule has 2 heterocycles. The SMILES string of the molecule is CCCCCN1CCC(CCOc2ccc(Cl)cc2)C2(C1)OCCO2. The van der Waals surface area contributed by atoms with Gasteiger partial charge < -0.3 is 14.2 Å². The fourth-order valence-electron chi connectivity index (χ4n) is 3.87. The van der Waals surface area contributed by atoms with Gasteiger partial charge in [0.15, 0.2) is 5.79 Å². The zero-order chi connectivity index (χ0) is 17.5. The van der Waals surface area contributed by atoms with Crippen molar-refractivity contribution in [2.24, 2.45) is 5.92 Å². The van der Waals surface area contributed by atoms with Crippen LogP contribution in [-0.2, 0) is 9.47 Å². The first-order valence-corrected chi connectivity index (χ1v) is 9.98. The third kappa shape index (κ3) is 5.10. The summed E-state index contributed by atoms with van der Waals surface area (Å²) >= 11 is 5.92. The summed E-state index contributed by atoms with van der Waals surface area (Å²) in [5, 5.41) is 0.731. The number of nitrogens with zero attached hydrogens (tertiary/aromatic N) is 1. The summed E-state index contributed by atoms with van der Waals surface area (Å²) in [4.78, 5) is 2.51. The van der Waals surface area contributed by atoms with Crippen molar-refractivity contribution in [3.05, 3.63) is 29.3 Å². The largest absolute Gasteiger partial charge is 0.494 e. The molecule has 1 aromatic carbocycles. The first-order valence-electron chi connectivity index (χ1n) is 9.60. The van der Waals surface area contributed by atoms with Crippen LogP contribution in [0.2, 0.25) is 5.02 Å². The van der Waals surface area contributed by atoms with E-state index < -0.39 is 5.79 Å². The van der Waals surface area contributed by atoms with E-state index in [2.05, 4.69) is 11.8 Å². The Balaban J connectivity index is 1.51. The van der Waals surface area contributed by atoms with Gasteiger partial charge in [-0.2, -0.15) is 0 Å². The topological polar surface area (TPSA) is 30.9 Å². The first-order chi connectivity index (χ1) is 12.2. The number of benzene rings is 1. The maximum atomic E-state index is 6.11. The van der Waals surface area contributed by atoms with Crippen LogP contribution in [0.4, 0.5) is 0 Å². The molecule has 5 heteroatoms. The molecule has 1 atom stereocenters. The van der Waals surface area contributed by atoms with Gasteiger partial charge in [-0.25, -0.2) is 0 Å². The van der Waals surface area contributed by atoms with Gasteiger partial charge in [0.25, 0.3) is 0 Å². The van der Waals surface area contributed by atoms with Crippen LogP contribution in [0.15, 0.2) is 24.3 Å².